The van der Waals surface area contributed by atoms with Crippen molar-refractivity contribution in [3.05, 3.63) is 22.6 Å². The second-order valence-electron chi connectivity index (χ2n) is 2.29. The molecule has 0 aliphatic heterocycles. The van der Waals surface area contributed by atoms with Crippen LogP contribution in [-0.2, 0) is 16.1 Å². The first-order chi connectivity index (χ1) is 6.13. The molecule has 6 heteroatoms. The number of rotatable bonds is 2. The molecule has 1 rings (SSSR count). The molecule has 0 bridgehead atoms. The van der Waals surface area contributed by atoms with Crippen LogP contribution < -0.4 is 5.56 Å². The number of carbonyl (C=O) groups is 1. The first-order valence-electron chi connectivity index (χ1n) is 3.46. The molecule has 1 aromatic rings. The monoisotopic (exact) mass is 184 g/mol. The Labute approximate surface area is 73.4 Å². The fourth-order valence-corrected chi connectivity index (χ4v) is 0.730. The van der Waals surface area contributed by atoms with Crippen molar-refractivity contribution in [2.45, 2.75) is 6.54 Å². The molecule has 0 aliphatic rings. The highest BCUT2D eigenvalue weighted by Crippen LogP contribution is 1.97. The lowest BCUT2D eigenvalue weighted by Gasteiger charge is -2.01. The minimum Gasteiger partial charge on any atom is -0.506 e. The zero-order valence-electron chi connectivity index (χ0n) is 6.93. The molecule has 0 unspecified atom stereocenters. The minimum absolute atomic E-state index is 0.230. The number of hydrogen-bond acceptors (Lipinski definition) is 5. The van der Waals surface area contributed by atoms with Crippen LogP contribution in [0.15, 0.2) is 17.1 Å². The third-order valence-electron chi connectivity index (χ3n) is 1.36. The predicted molar refractivity (Wildman–Crippen MR) is 42.2 cm³/mol. The average Bonchev–Trinajstić information content (AvgIpc) is 2.09. The molecule has 0 spiro atoms. The molecule has 0 aliphatic carbocycles. The van der Waals surface area contributed by atoms with Gasteiger partial charge in [-0.15, -0.1) is 0 Å². The maximum atomic E-state index is 11.0. The van der Waals surface area contributed by atoms with Gasteiger partial charge in [-0.1, -0.05) is 0 Å². The second-order valence-corrected chi connectivity index (χ2v) is 2.29. The number of carbonyl (C=O) groups excluding carboxylic acids is 1. The van der Waals surface area contributed by atoms with Crippen molar-refractivity contribution in [2.75, 3.05) is 7.11 Å². The molecular formula is C7H8N2O4. The Balaban J connectivity index is 2.90. The maximum Gasteiger partial charge on any atom is 0.327 e. The molecule has 0 amide bonds. The highest BCUT2D eigenvalue weighted by Gasteiger charge is 2.04. The summed E-state index contributed by atoms with van der Waals surface area (Å²) in [5.74, 6) is -0.800. The number of hydrogen-bond donors (Lipinski definition) is 1. The van der Waals surface area contributed by atoms with Gasteiger partial charge < -0.3 is 9.84 Å². The van der Waals surface area contributed by atoms with Gasteiger partial charge >= 0.3 is 5.97 Å². The third kappa shape index (κ3) is 2.29. The Morgan fingerprint density at radius 3 is 3.00 bits per heavy atom. The average molecular weight is 184 g/mol. The first kappa shape index (κ1) is 9.24. The van der Waals surface area contributed by atoms with E-state index in [-0.39, 0.29) is 12.3 Å². The summed E-state index contributed by atoms with van der Waals surface area (Å²) >= 11 is 0. The lowest BCUT2D eigenvalue weighted by molar-refractivity contribution is -0.141. The SMILES string of the molecule is COC(=O)Cn1ncc(O)cc1=O. The van der Waals surface area contributed by atoms with E-state index in [4.69, 9.17) is 5.11 Å². The number of esters is 1. The topological polar surface area (TPSA) is 81.4 Å². The molecule has 0 fully saturated rings. The van der Waals surface area contributed by atoms with Crippen molar-refractivity contribution in [1.29, 1.82) is 0 Å². The van der Waals surface area contributed by atoms with Crippen molar-refractivity contribution in [3.63, 3.8) is 0 Å². The van der Waals surface area contributed by atoms with E-state index in [9.17, 15) is 9.59 Å². The van der Waals surface area contributed by atoms with Gasteiger partial charge in [-0.05, 0) is 0 Å². The van der Waals surface area contributed by atoms with Crippen LogP contribution in [0.25, 0.3) is 0 Å². The Hall–Kier alpha value is -1.85. The summed E-state index contributed by atoms with van der Waals surface area (Å²) in [6.07, 6.45) is 1.07. The Kier molecular flexibility index (Phi) is 2.63. The number of methoxy groups -OCH3 is 1. The van der Waals surface area contributed by atoms with Crippen molar-refractivity contribution in [2.24, 2.45) is 0 Å². The smallest absolute Gasteiger partial charge is 0.327 e. The fourth-order valence-electron chi connectivity index (χ4n) is 0.730. The lowest BCUT2D eigenvalue weighted by Crippen LogP contribution is -2.26. The molecule has 0 saturated carbocycles. The van der Waals surface area contributed by atoms with Gasteiger partial charge in [0.2, 0.25) is 0 Å². The van der Waals surface area contributed by atoms with Crippen LogP contribution in [0, 0.1) is 0 Å². The van der Waals surface area contributed by atoms with Crippen LogP contribution in [0.4, 0.5) is 0 Å². The largest absolute Gasteiger partial charge is 0.506 e. The van der Waals surface area contributed by atoms with Gasteiger partial charge in [0.15, 0.2) is 0 Å². The maximum absolute atomic E-state index is 11.0. The van der Waals surface area contributed by atoms with Crippen LogP contribution >= 0.6 is 0 Å². The molecule has 13 heavy (non-hydrogen) atoms. The quantitative estimate of drug-likeness (QED) is 0.604. The lowest BCUT2D eigenvalue weighted by atomic mass is 10.5. The summed E-state index contributed by atoms with van der Waals surface area (Å²) in [7, 11) is 1.22. The van der Waals surface area contributed by atoms with Gasteiger partial charge in [-0.2, -0.15) is 5.10 Å². The van der Waals surface area contributed by atoms with E-state index in [1.54, 1.807) is 0 Å². The fraction of sp³-hybridized carbons (Fsp3) is 0.286. The summed E-state index contributed by atoms with van der Waals surface area (Å²) < 4.78 is 5.23. The third-order valence-corrected chi connectivity index (χ3v) is 1.36. The van der Waals surface area contributed by atoms with Gasteiger partial charge in [0.25, 0.3) is 5.56 Å². The van der Waals surface area contributed by atoms with Crippen LogP contribution in [0.1, 0.15) is 0 Å². The zero-order chi connectivity index (χ0) is 9.84. The van der Waals surface area contributed by atoms with E-state index in [0.717, 1.165) is 16.9 Å². The van der Waals surface area contributed by atoms with Gasteiger partial charge in [0.05, 0.1) is 13.3 Å². The molecule has 0 saturated heterocycles. The highest BCUT2D eigenvalue weighted by atomic mass is 16.5. The van der Waals surface area contributed by atoms with E-state index in [1.165, 1.54) is 7.11 Å². The highest BCUT2D eigenvalue weighted by molar-refractivity contribution is 5.68. The molecule has 70 valence electrons. The molecule has 0 aromatic carbocycles. The van der Waals surface area contributed by atoms with Gasteiger partial charge in [0.1, 0.15) is 12.3 Å². The van der Waals surface area contributed by atoms with E-state index in [0.29, 0.717) is 0 Å². The Morgan fingerprint density at radius 2 is 2.46 bits per heavy atom. The van der Waals surface area contributed by atoms with Crippen molar-refractivity contribution in [1.82, 2.24) is 9.78 Å². The second kappa shape index (κ2) is 3.70. The zero-order valence-corrected chi connectivity index (χ0v) is 6.93. The first-order valence-corrected chi connectivity index (χ1v) is 3.46. The summed E-state index contributed by atoms with van der Waals surface area (Å²) in [5.41, 5.74) is -0.551. The Bertz CT molecular complexity index is 371. The van der Waals surface area contributed by atoms with Crippen molar-refractivity contribution in [3.8, 4) is 5.75 Å². The molecule has 0 atom stereocenters. The number of ether oxygens (including phenoxy) is 1. The molecule has 1 N–H and O–H groups in total. The normalized spacial score (nSPS) is 9.62. The standard InChI is InChI=1S/C7H8N2O4/c1-13-7(12)4-9-6(11)2-5(10)3-8-9/h2-3,10H,4H2,1H3. The van der Waals surface area contributed by atoms with E-state index in [1.807, 2.05) is 0 Å². The molecule has 0 radical (unpaired) electrons. The van der Waals surface area contributed by atoms with Crippen LogP contribution in [0.5, 0.6) is 5.75 Å². The Morgan fingerprint density at radius 1 is 1.77 bits per heavy atom. The van der Waals surface area contributed by atoms with Gasteiger partial charge in [-0.3, -0.25) is 9.59 Å². The van der Waals surface area contributed by atoms with Crippen molar-refractivity contribution < 1.29 is 14.6 Å². The number of aromatic nitrogens is 2. The molecular weight excluding hydrogens is 176 g/mol. The van der Waals surface area contributed by atoms with E-state index < -0.39 is 11.5 Å². The van der Waals surface area contributed by atoms with Crippen LogP contribution in [0.3, 0.4) is 0 Å². The molecule has 6 nitrogen and oxygen atoms in total. The predicted octanol–water partition coefficient (Wildman–Crippen LogP) is -0.878. The number of nitrogens with zero attached hydrogens (tertiary/aromatic N) is 2. The van der Waals surface area contributed by atoms with Crippen molar-refractivity contribution >= 4 is 5.97 Å². The van der Waals surface area contributed by atoms with Gasteiger partial charge in [0, 0.05) is 6.07 Å². The number of aromatic hydroxyl groups is 1. The van der Waals surface area contributed by atoms with E-state index in [2.05, 4.69) is 9.84 Å². The summed E-state index contributed by atoms with van der Waals surface area (Å²) in [6.45, 7) is -0.254. The minimum atomic E-state index is -0.569. The van der Waals surface area contributed by atoms with Crippen LogP contribution in [0.2, 0.25) is 0 Å². The summed E-state index contributed by atoms with van der Waals surface area (Å²) in [4.78, 5) is 21.8. The summed E-state index contributed by atoms with van der Waals surface area (Å²) in [5, 5.41) is 12.4. The van der Waals surface area contributed by atoms with Gasteiger partial charge in [-0.25, -0.2) is 4.68 Å². The summed E-state index contributed by atoms with van der Waals surface area (Å²) in [6, 6.07) is 0.968. The molecule has 1 heterocycles. The van der Waals surface area contributed by atoms with E-state index >= 15 is 0 Å². The molecule has 1 aromatic heterocycles. The van der Waals surface area contributed by atoms with Crippen LogP contribution in [-0.4, -0.2) is 28.0 Å².